The second-order valence-electron chi connectivity index (χ2n) is 5.57. The molecule has 0 saturated carbocycles. The van der Waals surface area contributed by atoms with Crippen LogP contribution >= 0.6 is 0 Å². The SMILES string of the molecule is COC1CCN(S(=O)(=O)c2c(C)cc(C)cc2C)CC1. The highest BCUT2D eigenvalue weighted by molar-refractivity contribution is 7.89. The van der Waals surface area contributed by atoms with Crippen LogP contribution in [0, 0.1) is 20.8 Å². The van der Waals surface area contributed by atoms with Crippen molar-refractivity contribution in [3.8, 4) is 0 Å². The Morgan fingerprint density at radius 2 is 1.60 bits per heavy atom. The fourth-order valence-electron chi connectivity index (χ4n) is 3.01. The molecule has 0 unspecified atom stereocenters. The molecule has 1 aromatic carbocycles. The number of rotatable bonds is 3. The molecule has 112 valence electrons. The summed E-state index contributed by atoms with van der Waals surface area (Å²) in [7, 11) is -1.71. The van der Waals surface area contributed by atoms with Gasteiger partial charge in [-0.1, -0.05) is 17.7 Å². The molecule has 5 heteroatoms. The summed E-state index contributed by atoms with van der Waals surface area (Å²) in [5, 5.41) is 0. The van der Waals surface area contributed by atoms with Gasteiger partial charge in [-0.15, -0.1) is 0 Å². The van der Waals surface area contributed by atoms with Crippen LogP contribution in [0.4, 0.5) is 0 Å². The van der Waals surface area contributed by atoms with Crippen LogP contribution in [-0.2, 0) is 14.8 Å². The lowest BCUT2D eigenvalue weighted by Crippen LogP contribution is -2.41. The highest BCUT2D eigenvalue weighted by Crippen LogP contribution is 2.27. The van der Waals surface area contributed by atoms with Crippen LogP contribution in [0.1, 0.15) is 29.5 Å². The van der Waals surface area contributed by atoms with Crippen LogP contribution in [0.25, 0.3) is 0 Å². The van der Waals surface area contributed by atoms with Crippen molar-refractivity contribution >= 4 is 10.0 Å². The standard InChI is InChI=1S/C15H23NO3S/c1-11-9-12(2)15(13(3)10-11)20(17,18)16-7-5-14(19-4)6-8-16/h9-10,14H,5-8H2,1-4H3. The van der Waals surface area contributed by atoms with Crippen molar-refractivity contribution in [3.63, 3.8) is 0 Å². The van der Waals surface area contributed by atoms with Crippen LogP contribution in [-0.4, -0.2) is 39.0 Å². The van der Waals surface area contributed by atoms with Gasteiger partial charge in [0.15, 0.2) is 0 Å². The van der Waals surface area contributed by atoms with Gasteiger partial charge >= 0.3 is 0 Å². The van der Waals surface area contributed by atoms with E-state index in [2.05, 4.69) is 0 Å². The maximum Gasteiger partial charge on any atom is 0.243 e. The summed E-state index contributed by atoms with van der Waals surface area (Å²) in [5.41, 5.74) is 2.75. The average Bonchev–Trinajstić information content (AvgIpc) is 2.37. The molecule has 1 fully saturated rings. The smallest absolute Gasteiger partial charge is 0.243 e. The molecule has 0 aromatic heterocycles. The molecular formula is C15H23NO3S. The number of benzene rings is 1. The molecule has 0 bridgehead atoms. The van der Waals surface area contributed by atoms with E-state index in [1.165, 1.54) is 0 Å². The molecule has 1 saturated heterocycles. The summed E-state index contributed by atoms with van der Waals surface area (Å²) in [5.74, 6) is 0. The van der Waals surface area contributed by atoms with E-state index in [1.54, 1.807) is 11.4 Å². The van der Waals surface area contributed by atoms with Crippen molar-refractivity contribution in [1.82, 2.24) is 4.31 Å². The van der Waals surface area contributed by atoms with Gasteiger partial charge in [0.25, 0.3) is 0 Å². The second-order valence-corrected chi connectivity index (χ2v) is 7.44. The Labute approximate surface area is 121 Å². The molecule has 0 aliphatic carbocycles. The van der Waals surface area contributed by atoms with Crippen LogP contribution in [0.5, 0.6) is 0 Å². The molecule has 2 rings (SSSR count). The highest BCUT2D eigenvalue weighted by atomic mass is 32.2. The largest absolute Gasteiger partial charge is 0.381 e. The Kier molecular flexibility index (Phi) is 4.52. The van der Waals surface area contributed by atoms with Gasteiger partial charge in [-0.25, -0.2) is 8.42 Å². The van der Waals surface area contributed by atoms with Crippen LogP contribution in [0.3, 0.4) is 0 Å². The zero-order valence-electron chi connectivity index (χ0n) is 12.6. The normalized spacial score (nSPS) is 18.4. The number of hydrogen-bond acceptors (Lipinski definition) is 3. The molecule has 0 amide bonds. The Morgan fingerprint density at radius 1 is 1.10 bits per heavy atom. The summed E-state index contributed by atoms with van der Waals surface area (Å²) in [6, 6.07) is 3.86. The predicted octanol–water partition coefficient (Wildman–Crippen LogP) is 2.41. The van der Waals surface area contributed by atoms with E-state index in [0.29, 0.717) is 18.0 Å². The quantitative estimate of drug-likeness (QED) is 0.861. The Bertz CT molecular complexity index is 564. The Hall–Kier alpha value is -0.910. The Morgan fingerprint density at radius 3 is 2.05 bits per heavy atom. The molecule has 1 aliphatic rings. The van der Waals surface area contributed by atoms with Crippen molar-refractivity contribution < 1.29 is 13.2 Å². The van der Waals surface area contributed by atoms with Crippen LogP contribution in [0.2, 0.25) is 0 Å². The first-order valence-corrected chi connectivity index (χ1v) is 8.41. The van der Waals surface area contributed by atoms with E-state index in [0.717, 1.165) is 29.5 Å². The minimum atomic E-state index is -3.39. The monoisotopic (exact) mass is 297 g/mol. The Balaban J connectivity index is 2.32. The fraction of sp³-hybridized carbons (Fsp3) is 0.600. The lowest BCUT2D eigenvalue weighted by atomic mass is 10.1. The average molecular weight is 297 g/mol. The molecule has 0 radical (unpaired) electrons. The van der Waals surface area contributed by atoms with Gasteiger partial charge < -0.3 is 4.74 Å². The zero-order valence-corrected chi connectivity index (χ0v) is 13.5. The third-order valence-corrected chi connectivity index (χ3v) is 6.14. The van der Waals surface area contributed by atoms with Gasteiger partial charge in [0.2, 0.25) is 10.0 Å². The van der Waals surface area contributed by atoms with Gasteiger partial charge in [-0.05, 0) is 44.7 Å². The minimum absolute atomic E-state index is 0.182. The molecule has 1 aliphatic heterocycles. The molecule has 1 aromatic rings. The first kappa shape index (κ1) is 15.5. The van der Waals surface area contributed by atoms with Crippen molar-refractivity contribution in [1.29, 1.82) is 0 Å². The number of methoxy groups -OCH3 is 1. The fourth-order valence-corrected chi connectivity index (χ4v) is 4.89. The van der Waals surface area contributed by atoms with Gasteiger partial charge in [0.1, 0.15) is 0 Å². The van der Waals surface area contributed by atoms with E-state index in [4.69, 9.17) is 4.74 Å². The van der Waals surface area contributed by atoms with E-state index in [9.17, 15) is 8.42 Å². The summed E-state index contributed by atoms with van der Waals surface area (Å²) < 4.78 is 32.5. The maximum atomic E-state index is 12.8. The molecule has 0 atom stereocenters. The topological polar surface area (TPSA) is 46.6 Å². The number of piperidine rings is 1. The van der Waals surface area contributed by atoms with Gasteiger partial charge in [-0.3, -0.25) is 0 Å². The van der Waals surface area contributed by atoms with Crippen molar-refractivity contribution in [3.05, 3.63) is 28.8 Å². The minimum Gasteiger partial charge on any atom is -0.381 e. The lowest BCUT2D eigenvalue weighted by molar-refractivity contribution is 0.0604. The van der Waals surface area contributed by atoms with Gasteiger partial charge in [-0.2, -0.15) is 4.31 Å². The molecule has 4 nitrogen and oxygen atoms in total. The maximum absolute atomic E-state index is 12.8. The van der Waals surface area contributed by atoms with E-state index in [-0.39, 0.29) is 6.10 Å². The van der Waals surface area contributed by atoms with Crippen LogP contribution in [0.15, 0.2) is 17.0 Å². The molecule has 0 spiro atoms. The van der Waals surface area contributed by atoms with Crippen LogP contribution < -0.4 is 0 Å². The summed E-state index contributed by atoms with van der Waals surface area (Å²) in [6.45, 7) is 6.80. The molecule has 1 heterocycles. The van der Waals surface area contributed by atoms with Gasteiger partial charge in [0.05, 0.1) is 11.0 Å². The lowest BCUT2D eigenvalue weighted by Gasteiger charge is -2.31. The molecule has 0 N–H and O–H groups in total. The molecular weight excluding hydrogens is 274 g/mol. The third kappa shape index (κ3) is 2.90. The number of nitrogens with zero attached hydrogens (tertiary/aromatic N) is 1. The third-order valence-electron chi connectivity index (χ3n) is 3.94. The van der Waals surface area contributed by atoms with Crippen molar-refractivity contribution in [2.45, 2.75) is 44.6 Å². The predicted molar refractivity (Wildman–Crippen MR) is 79.4 cm³/mol. The van der Waals surface area contributed by atoms with Crippen molar-refractivity contribution in [2.24, 2.45) is 0 Å². The number of aryl methyl sites for hydroxylation is 3. The summed E-state index contributed by atoms with van der Waals surface area (Å²) in [6.07, 6.45) is 1.71. The molecule has 20 heavy (non-hydrogen) atoms. The van der Waals surface area contributed by atoms with E-state index >= 15 is 0 Å². The van der Waals surface area contributed by atoms with E-state index < -0.39 is 10.0 Å². The first-order valence-electron chi connectivity index (χ1n) is 6.97. The number of hydrogen-bond donors (Lipinski definition) is 0. The first-order chi connectivity index (χ1) is 9.36. The second kappa shape index (κ2) is 5.84. The zero-order chi connectivity index (χ0) is 14.9. The summed E-state index contributed by atoms with van der Waals surface area (Å²) >= 11 is 0. The number of ether oxygens (including phenoxy) is 1. The van der Waals surface area contributed by atoms with Gasteiger partial charge in [0, 0.05) is 20.2 Å². The van der Waals surface area contributed by atoms with E-state index in [1.807, 2.05) is 32.9 Å². The summed E-state index contributed by atoms with van der Waals surface area (Å²) in [4.78, 5) is 0.471. The highest BCUT2D eigenvalue weighted by Gasteiger charge is 2.31. The van der Waals surface area contributed by atoms with Crippen molar-refractivity contribution in [2.75, 3.05) is 20.2 Å². The number of sulfonamides is 1.